The summed E-state index contributed by atoms with van der Waals surface area (Å²) in [6.45, 7) is 3.42. The maximum absolute atomic E-state index is 13.0. The number of phenolic OH excluding ortho intramolecular Hbond substituents is 1. The van der Waals surface area contributed by atoms with E-state index >= 15 is 0 Å². The molecule has 0 radical (unpaired) electrons. The van der Waals surface area contributed by atoms with E-state index in [2.05, 4.69) is 5.32 Å². The van der Waals surface area contributed by atoms with Crippen LogP contribution < -0.4 is 11.1 Å². The van der Waals surface area contributed by atoms with Crippen molar-refractivity contribution in [3.05, 3.63) is 24.0 Å². The molecule has 2 atom stereocenters. The first-order valence-electron chi connectivity index (χ1n) is 4.96. The number of amides is 1. The zero-order valence-electron chi connectivity index (χ0n) is 9.20. The van der Waals surface area contributed by atoms with Crippen LogP contribution in [0.5, 0.6) is 5.75 Å². The molecule has 0 heterocycles. The van der Waals surface area contributed by atoms with Gasteiger partial charge in [-0.15, -0.1) is 0 Å². The van der Waals surface area contributed by atoms with Crippen molar-refractivity contribution < 1.29 is 14.3 Å². The van der Waals surface area contributed by atoms with Gasteiger partial charge >= 0.3 is 0 Å². The number of hydrogen-bond acceptors (Lipinski definition) is 3. The fraction of sp³-hybridized carbons (Fsp3) is 0.364. The molecular formula is C11H15FN2O2. The minimum atomic E-state index is -0.772. The molecule has 0 aromatic heterocycles. The minimum Gasteiger partial charge on any atom is -0.505 e. The van der Waals surface area contributed by atoms with E-state index in [9.17, 15) is 9.18 Å². The zero-order valence-corrected chi connectivity index (χ0v) is 9.20. The van der Waals surface area contributed by atoms with Crippen LogP contribution in [0.3, 0.4) is 0 Å². The quantitative estimate of drug-likeness (QED) is 0.683. The van der Waals surface area contributed by atoms with Crippen molar-refractivity contribution in [2.75, 3.05) is 5.32 Å². The van der Waals surface area contributed by atoms with Gasteiger partial charge in [0.25, 0.3) is 0 Å². The average molecular weight is 226 g/mol. The van der Waals surface area contributed by atoms with Crippen LogP contribution in [0.25, 0.3) is 0 Å². The molecule has 16 heavy (non-hydrogen) atoms. The Kier molecular flexibility index (Phi) is 3.84. The second-order valence-electron chi connectivity index (χ2n) is 3.80. The molecule has 4 nitrogen and oxygen atoms in total. The summed E-state index contributed by atoms with van der Waals surface area (Å²) in [5.41, 5.74) is 5.87. The van der Waals surface area contributed by atoms with Crippen LogP contribution in [0.1, 0.15) is 13.8 Å². The molecule has 4 N–H and O–H groups in total. The Balaban J connectivity index is 2.74. The van der Waals surface area contributed by atoms with Crippen molar-refractivity contribution in [2.24, 2.45) is 11.7 Å². The molecule has 0 saturated heterocycles. The second-order valence-corrected chi connectivity index (χ2v) is 3.80. The predicted octanol–water partition coefficient (Wildman–Crippen LogP) is 1.45. The third-order valence-electron chi connectivity index (χ3n) is 2.42. The van der Waals surface area contributed by atoms with E-state index in [-0.39, 0.29) is 17.9 Å². The molecule has 2 unspecified atom stereocenters. The van der Waals surface area contributed by atoms with Crippen molar-refractivity contribution in [3.8, 4) is 5.75 Å². The number of anilines is 1. The third-order valence-corrected chi connectivity index (χ3v) is 2.42. The molecular weight excluding hydrogens is 211 g/mol. The Bertz CT molecular complexity index is 394. The molecule has 0 bridgehead atoms. The number of rotatable bonds is 3. The fourth-order valence-corrected chi connectivity index (χ4v) is 1.08. The molecule has 0 spiro atoms. The van der Waals surface area contributed by atoms with Gasteiger partial charge in [0, 0.05) is 17.8 Å². The van der Waals surface area contributed by atoms with Crippen LogP contribution in [-0.4, -0.2) is 17.1 Å². The Morgan fingerprint density at radius 2 is 2.12 bits per heavy atom. The summed E-state index contributed by atoms with van der Waals surface area (Å²) in [5.74, 6) is -1.86. The summed E-state index contributed by atoms with van der Waals surface area (Å²) in [4.78, 5) is 11.6. The van der Waals surface area contributed by atoms with Gasteiger partial charge < -0.3 is 16.2 Å². The number of carbonyl (C=O) groups is 1. The molecule has 0 aliphatic heterocycles. The standard InChI is InChI=1S/C11H15FN2O2/c1-6(7(2)13)11(16)14-8-3-4-10(15)9(12)5-8/h3-7,15H,13H2,1-2H3,(H,14,16). The number of halogens is 1. The van der Waals surface area contributed by atoms with Gasteiger partial charge in [0.1, 0.15) is 0 Å². The molecule has 88 valence electrons. The fourth-order valence-electron chi connectivity index (χ4n) is 1.08. The van der Waals surface area contributed by atoms with E-state index in [0.29, 0.717) is 5.69 Å². The van der Waals surface area contributed by atoms with E-state index in [1.165, 1.54) is 12.1 Å². The van der Waals surface area contributed by atoms with E-state index in [1.807, 2.05) is 0 Å². The summed E-state index contributed by atoms with van der Waals surface area (Å²) in [5, 5.41) is 11.5. The summed E-state index contributed by atoms with van der Waals surface area (Å²) in [6, 6.07) is 3.38. The van der Waals surface area contributed by atoms with Gasteiger partial charge in [0.15, 0.2) is 11.6 Å². The highest BCUT2D eigenvalue weighted by atomic mass is 19.1. The van der Waals surface area contributed by atoms with Crippen LogP contribution in [0, 0.1) is 11.7 Å². The van der Waals surface area contributed by atoms with Crippen molar-refractivity contribution in [1.82, 2.24) is 0 Å². The van der Waals surface area contributed by atoms with Gasteiger partial charge in [-0.1, -0.05) is 6.92 Å². The molecule has 0 saturated carbocycles. The number of benzene rings is 1. The lowest BCUT2D eigenvalue weighted by Crippen LogP contribution is -2.34. The third kappa shape index (κ3) is 2.93. The van der Waals surface area contributed by atoms with Gasteiger partial charge in [0.05, 0.1) is 5.92 Å². The summed E-state index contributed by atoms with van der Waals surface area (Å²) in [7, 11) is 0. The van der Waals surface area contributed by atoms with Crippen molar-refractivity contribution in [3.63, 3.8) is 0 Å². The minimum absolute atomic E-state index is 0.276. The molecule has 1 amide bonds. The van der Waals surface area contributed by atoms with Gasteiger partial charge in [-0.25, -0.2) is 4.39 Å². The lowest BCUT2D eigenvalue weighted by molar-refractivity contribution is -0.119. The topological polar surface area (TPSA) is 75.4 Å². The molecule has 1 aromatic rings. The second kappa shape index (κ2) is 4.94. The van der Waals surface area contributed by atoms with Gasteiger partial charge in [0.2, 0.25) is 5.91 Å². The Morgan fingerprint density at radius 3 is 2.62 bits per heavy atom. The zero-order chi connectivity index (χ0) is 12.3. The van der Waals surface area contributed by atoms with Crippen LogP contribution in [0.2, 0.25) is 0 Å². The SMILES string of the molecule is CC(N)C(C)C(=O)Nc1ccc(O)c(F)c1. The Morgan fingerprint density at radius 1 is 1.50 bits per heavy atom. The molecule has 1 aromatic carbocycles. The summed E-state index contributed by atoms with van der Waals surface area (Å²) < 4.78 is 13.0. The lowest BCUT2D eigenvalue weighted by atomic mass is 10.0. The number of aromatic hydroxyl groups is 1. The summed E-state index contributed by atoms with van der Waals surface area (Å²) in [6.07, 6.45) is 0. The molecule has 0 fully saturated rings. The largest absolute Gasteiger partial charge is 0.505 e. The highest BCUT2D eigenvalue weighted by Crippen LogP contribution is 2.19. The molecule has 0 aliphatic carbocycles. The van der Waals surface area contributed by atoms with Crippen LogP contribution in [0.4, 0.5) is 10.1 Å². The first-order valence-corrected chi connectivity index (χ1v) is 4.96. The molecule has 1 rings (SSSR count). The first kappa shape index (κ1) is 12.4. The number of nitrogens with two attached hydrogens (primary N) is 1. The monoisotopic (exact) mass is 226 g/mol. The number of carbonyl (C=O) groups excluding carboxylic acids is 1. The predicted molar refractivity (Wildman–Crippen MR) is 59.5 cm³/mol. The lowest BCUT2D eigenvalue weighted by Gasteiger charge is -2.15. The smallest absolute Gasteiger partial charge is 0.228 e. The number of phenols is 1. The van der Waals surface area contributed by atoms with Gasteiger partial charge in [-0.2, -0.15) is 0 Å². The van der Waals surface area contributed by atoms with E-state index in [0.717, 1.165) is 6.07 Å². The first-order chi connectivity index (χ1) is 7.41. The van der Waals surface area contributed by atoms with Crippen LogP contribution >= 0.6 is 0 Å². The maximum Gasteiger partial charge on any atom is 0.228 e. The van der Waals surface area contributed by atoms with Crippen LogP contribution in [-0.2, 0) is 4.79 Å². The molecule has 0 aliphatic rings. The summed E-state index contributed by atoms with van der Waals surface area (Å²) >= 11 is 0. The molecule has 5 heteroatoms. The highest BCUT2D eigenvalue weighted by molar-refractivity contribution is 5.92. The van der Waals surface area contributed by atoms with Crippen molar-refractivity contribution >= 4 is 11.6 Å². The number of nitrogens with one attached hydrogen (secondary N) is 1. The van der Waals surface area contributed by atoms with E-state index in [1.54, 1.807) is 13.8 Å². The van der Waals surface area contributed by atoms with E-state index in [4.69, 9.17) is 10.8 Å². The van der Waals surface area contributed by atoms with Crippen LogP contribution in [0.15, 0.2) is 18.2 Å². The van der Waals surface area contributed by atoms with E-state index < -0.39 is 11.6 Å². The Labute approximate surface area is 93.3 Å². The average Bonchev–Trinajstić information content (AvgIpc) is 2.22. The van der Waals surface area contributed by atoms with Gasteiger partial charge in [-0.3, -0.25) is 4.79 Å². The van der Waals surface area contributed by atoms with Crippen molar-refractivity contribution in [1.29, 1.82) is 0 Å². The Hall–Kier alpha value is -1.62. The maximum atomic E-state index is 13.0. The van der Waals surface area contributed by atoms with Crippen molar-refractivity contribution in [2.45, 2.75) is 19.9 Å². The van der Waals surface area contributed by atoms with Gasteiger partial charge in [-0.05, 0) is 19.1 Å². The number of hydrogen-bond donors (Lipinski definition) is 3. The highest BCUT2D eigenvalue weighted by Gasteiger charge is 2.17. The normalized spacial score (nSPS) is 14.2.